The minimum absolute atomic E-state index is 0.00530. The lowest BCUT2D eigenvalue weighted by atomic mass is 9.98. The summed E-state index contributed by atoms with van der Waals surface area (Å²) >= 11 is 0. The van der Waals surface area contributed by atoms with Gasteiger partial charge >= 0.3 is 12.1 Å². The second kappa shape index (κ2) is 23.3. The average Bonchev–Trinajstić information content (AvgIpc) is 3.37. The highest BCUT2D eigenvalue weighted by molar-refractivity contribution is 5.79. The molecular formula is C33H47NO11. The molecule has 0 saturated heterocycles. The normalized spacial score (nSPS) is 12.2. The molecule has 1 amide bonds. The van der Waals surface area contributed by atoms with Crippen LogP contribution in [0.3, 0.4) is 0 Å². The van der Waals surface area contributed by atoms with Gasteiger partial charge in [0.15, 0.2) is 0 Å². The van der Waals surface area contributed by atoms with Crippen LogP contribution in [0.4, 0.5) is 4.79 Å². The molecule has 0 bridgehead atoms. The van der Waals surface area contributed by atoms with Crippen molar-refractivity contribution in [1.82, 2.24) is 5.32 Å². The third-order valence-electron chi connectivity index (χ3n) is 6.77. The van der Waals surface area contributed by atoms with E-state index < -0.39 is 12.1 Å². The first-order valence-electron chi connectivity index (χ1n) is 15.5. The van der Waals surface area contributed by atoms with Crippen LogP contribution in [0.1, 0.15) is 29.9 Å². The molecule has 0 atom stereocenters. The van der Waals surface area contributed by atoms with Crippen LogP contribution < -0.4 is 5.32 Å². The van der Waals surface area contributed by atoms with Gasteiger partial charge in [0.25, 0.3) is 0 Å². The monoisotopic (exact) mass is 633 g/mol. The van der Waals surface area contributed by atoms with Crippen molar-refractivity contribution >= 4 is 12.1 Å². The number of fused-ring (bicyclic) bond motifs is 3. The lowest BCUT2D eigenvalue weighted by Crippen LogP contribution is -2.27. The number of benzene rings is 2. The molecular weight excluding hydrogens is 586 g/mol. The van der Waals surface area contributed by atoms with Gasteiger partial charge in [-0.1, -0.05) is 48.5 Å². The molecule has 0 radical (unpaired) electrons. The lowest BCUT2D eigenvalue weighted by molar-refractivity contribution is -0.138. The van der Waals surface area contributed by atoms with E-state index in [9.17, 15) is 9.59 Å². The Morgan fingerprint density at radius 3 is 1.42 bits per heavy atom. The number of amides is 1. The van der Waals surface area contributed by atoms with Crippen LogP contribution >= 0.6 is 0 Å². The summed E-state index contributed by atoms with van der Waals surface area (Å²) < 4.78 is 43.3. The number of hydrogen-bond donors (Lipinski definition) is 2. The smallest absolute Gasteiger partial charge is 0.407 e. The van der Waals surface area contributed by atoms with E-state index in [2.05, 4.69) is 29.6 Å². The fraction of sp³-hybridized carbons (Fsp3) is 0.576. The predicted octanol–water partition coefficient (Wildman–Crippen LogP) is 3.51. The number of carboxylic acids is 1. The van der Waals surface area contributed by atoms with Gasteiger partial charge in [-0.05, 0) is 28.7 Å². The Morgan fingerprint density at radius 1 is 0.578 bits per heavy atom. The number of hydrogen-bond acceptors (Lipinski definition) is 10. The number of carbonyl (C=O) groups is 2. The third kappa shape index (κ3) is 15.2. The third-order valence-corrected chi connectivity index (χ3v) is 6.77. The van der Waals surface area contributed by atoms with Crippen LogP contribution in [0.25, 0.3) is 11.1 Å². The molecule has 0 spiro atoms. The molecule has 12 nitrogen and oxygen atoms in total. The summed E-state index contributed by atoms with van der Waals surface area (Å²) in [6.07, 6.45) is 0.254. The van der Waals surface area contributed by atoms with Gasteiger partial charge in [0, 0.05) is 19.1 Å². The van der Waals surface area contributed by atoms with Gasteiger partial charge < -0.3 is 48.3 Å². The first-order chi connectivity index (χ1) is 22.2. The van der Waals surface area contributed by atoms with Crippen molar-refractivity contribution in [2.45, 2.75) is 18.8 Å². The predicted molar refractivity (Wildman–Crippen MR) is 166 cm³/mol. The second-order valence-corrected chi connectivity index (χ2v) is 10.0. The maximum atomic E-state index is 12.2. The molecule has 0 saturated carbocycles. The van der Waals surface area contributed by atoms with Crippen LogP contribution in [0, 0.1) is 0 Å². The van der Waals surface area contributed by atoms with Gasteiger partial charge in [-0.25, -0.2) is 4.79 Å². The molecule has 1 aliphatic rings. The minimum Gasteiger partial charge on any atom is -0.481 e. The molecule has 3 rings (SSSR count). The van der Waals surface area contributed by atoms with Crippen LogP contribution in [0.15, 0.2) is 48.5 Å². The Balaban J connectivity index is 1.02. The van der Waals surface area contributed by atoms with Crippen molar-refractivity contribution in [3.63, 3.8) is 0 Å². The molecule has 0 fully saturated rings. The number of ether oxygens (including phenoxy) is 8. The zero-order valence-electron chi connectivity index (χ0n) is 26.0. The molecule has 0 heterocycles. The number of carboxylic acid groups (broad SMARTS) is 1. The van der Waals surface area contributed by atoms with Crippen LogP contribution in [0.2, 0.25) is 0 Å². The van der Waals surface area contributed by atoms with E-state index in [1.54, 1.807) is 0 Å². The molecule has 250 valence electrons. The fourth-order valence-electron chi connectivity index (χ4n) is 4.60. The topological polar surface area (TPSA) is 140 Å². The number of rotatable bonds is 27. The largest absolute Gasteiger partial charge is 0.481 e. The fourth-order valence-corrected chi connectivity index (χ4v) is 4.60. The minimum atomic E-state index is -0.876. The van der Waals surface area contributed by atoms with E-state index >= 15 is 0 Å². The lowest BCUT2D eigenvalue weighted by Gasteiger charge is -2.14. The Kier molecular flexibility index (Phi) is 18.8. The number of nitrogens with one attached hydrogen (secondary N) is 1. The van der Waals surface area contributed by atoms with E-state index in [-0.39, 0.29) is 18.9 Å². The van der Waals surface area contributed by atoms with Gasteiger partial charge in [0.05, 0.1) is 92.3 Å². The highest BCUT2D eigenvalue weighted by Crippen LogP contribution is 2.44. The average molecular weight is 634 g/mol. The van der Waals surface area contributed by atoms with Gasteiger partial charge in [0.1, 0.15) is 6.61 Å². The van der Waals surface area contributed by atoms with Gasteiger partial charge in [-0.2, -0.15) is 0 Å². The maximum Gasteiger partial charge on any atom is 0.407 e. The van der Waals surface area contributed by atoms with E-state index in [1.165, 1.54) is 22.3 Å². The van der Waals surface area contributed by atoms with Crippen molar-refractivity contribution in [3.05, 3.63) is 59.7 Å². The maximum absolute atomic E-state index is 12.2. The summed E-state index contributed by atoms with van der Waals surface area (Å²) in [5, 5.41) is 11.3. The zero-order chi connectivity index (χ0) is 31.8. The van der Waals surface area contributed by atoms with Crippen molar-refractivity contribution in [2.24, 2.45) is 0 Å². The van der Waals surface area contributed by atoms with E-state index in [0.29, 0.717) is 105 Å². The van der Waals surface area contributed by atoms with Crippen molar-refractivity contribution in [1.29, 1.82) is 0 Å². The Morgan fingerprint density at radius 2 is 0.978 bits per heavy atom. The SMILES string of the molecule is O=C(O)CCOCCOCCOCCOCCOCCOCCOCCCNC(=O)OCC1c2ccccc2-c2ccccc21. The second-order valence-electron chi connectivity index (χ2n) is 10.0. The zero-order valence-corrected chi connectivity index (χ0v) is 26.0. The molecule has 0 aliphatic heterocycles. The van der Waals surface area contributed by atoms with Crippen molar-refractivity contribution in [3.8, 4) is 11.1 Å². The molecule has 0 aromatic heterocycles. The molecule has 2 aromatic rings. The van der Waals surface area contributed by atoms with E-state index in [0.717, 1.165) is 0 Å². The number of aliphatic carboxylic acids is 1. The standard InChI is InChI=1S/C33H47NO11/c35-32(36)10-13-39-15-17-41-19-21-43-23-25-44-24-22-42-20-18-40-16-14-38-12-5-11-34-33(37)45-26-31-29-8-3-1-6-27(29)28-7-2-4-9-30(28)31/h1-4,6-9,31H,5,10-26H2,(H,34,37)(H,35,36). The summed E-state index contributed by atoms with van der Waals surface area (Å²) in [5.74, 6) is -0.829. The first kappa shape index (κ1) is 36.4. The van der Waals surface area contributed by atoms with Gasteiger partial charge in [-0.3, -0.25) is 4.79 Å². The Bertz CT molecular complexity index is 1050. The van der Waals surface area contributed by atoms with Crippen molar-refractivity contribution in [2.75, 3.05) is 106 Å². The van der Waals surface area contributed by atoms with E-state index in [1.807, 2.05) is 24.3 Å². The Labute approximate surface area is 265 Å². The number of carbonyl (C=O) groups excluding carboxylic acids is 1. The summed E-state index contributed by atoms with van der Waals surface area (Å²) in [4.78, 5) is 22.6. The van der Waals surface area contributed by atoms with Crippen molar-refractivity contribution < 1.29 is 52.6 Å². The summed E-state index contributed by atoms with van der Waals surface area (Å²) in [7, 11) is 0. The number of alkyl carbamates (subject to hydrolysis) is 1. The molecule has 2 aromatic carbocycles. The molecule has 12 heteroatoms. The summed E-state index contributed by atoms with van der Waals surface area (Å²) in [6.45, 7) is 6.91. The highest BCUT2D eigenvalue weighted by Gasteiger charge is 2.28. The first-order valence-corrected chi connectivity index (χ1v) is 15.5. The highest BCUT2D eigenvalue weighted by atomic mass is 16.6. The molecule has 1 aliphatic carbocycles. The molecule has 0 unspecified atom stereocenters. The summed E-state index contributed by atoms with van der Waals surface area (Å²) in [5.41, 5.74) is 4.79. The summed E-state index contributed by atoms with van der Waals surface area (Å²) in [6, 6.07) is 16.5. The van der Waals surface area contributed by atoms with Crippen LogP contribution in [-0.2, 0) is 42.7 Å². The quantitative estimate of drug-likeness (QED) is 0.140. The van der Waals surface area contributed by atoms with Gasteiger partial charge in [0.2, 0.25) is 0 Å². The van der Waals surface area contributed by atoms with E-state index in [4.69, 9.17) is 43.0 Å². The molecule has 2 N–H and O–H groups in total. The van der Waals surface area contributed by atoms with Crippen LogP contribution in [0.5, 0.6) is 0 Å². The Hall–Kier alpha value is -3.10. The van der Waals surface area contributed by atoms with Crippen LogP contribution in [-0.4, -0.2) is 123 Å². The molecule has 45 heavy (non-hydrogen) atoms. The van der Waals surface area contributed by atoms with Gasteiger partial charge in [-0.15, -0.1) is 0 Å².